The minimum atomic E-state index is 0.668. The Morgan fingerprint density at radius 1 is 1.20 bits per heavy atom. The minimum Gasteiger partial charge on any atom is -0.488 e. The van der Waals surface area contributed by atoms with Crippen molar-refractivity contribution in [2.24, 2.45) is 0 Å². The largest absolute Gasteiger partial charge is 0.488 e. The van der Waals surface area contributed by atoms with Gasteiger partial charge in [-0.3, -0.25) is 0 Å². The molecule has 0 radical (unpaired) electrons. The SMILES string of the molecule is CCc1cccc(OCc2ccc(CNC3CC3)s2)c1. The molecule has 106 valence electrons. The Labute approximate surface area is 124 Å². The molecule has 2 aromatic rings. The molecule has 1 aliphatic rings. The first-order valence-corrected chi connectivity index (χ1v) is 8.18. The van der Waals surface area contributed by atoms with Gasteiger partial charge in [0.2, 0.25) is 0 Å². The maximum atomic E-state index is 5.88. The third kappa shape index (κ3) is 3.84. The molecule has 1 aromatic carbocycles. The molecule has 0 unspecified atom stereocenters. The standard InChI is InChI=1S/C17H21NOS/c1-2-13-4-3-5-15(10-13)19-12-17-9-8-16(20-17)11-18-14-6-7-14/h3-5,8-10,14,18H,2,6-7,11-12H2,1H3. The van der Waals surface area contributed by atoms with E-state index in [0.717, 1.165) is 24.8 Å². The van der Waals surface area contributed by atoms with E-state index in [1.54, 1.807) is 0 Å². The average Bonchev–Trinajstić information content (AvgIpc) is 3.21. The van der Waals surface area contributed by atoms with Crippen LogP contribution >= 0.6 is 11.3 Å². The van der Waals surface area contributed by atoms with E-state index in [-0.39, 0.29) is 0 Å². The Morgan fingerprint density at radius 2 is 2.05 bits per heavy atom. The van der Waals surface area contributed by atoms with Gasteiger partial charge in [-0.1, -0.05) is 19.1 Å². The molecule has 0 aliphatic heterocycles. The van der Waals surface area contributed by atoms with Crippen molar-refractivity contribution in [1.29, 1.82) is 0 Å². The van der Waals surface area contributed by atoms with Crippen LogP contribution in [0.25, 0.3) is 0 Å². The maximum Gasteiger partial charge on any atom is 0.122 e. The van der Waals surface area contributed by atoms with Gasteiger partial charge >= 0.3 is 0 Å². The fourth-order valence-corrected chi connectivity index (χ4v) is 3.02. The lowest BCUT2D eigenvalue weighted by molar-refractivity contribution is 0.309. The summed E-state index contributed by atoms with van der Waals surface area (Å²) in [4.78, 5) is 2.69. The van der Waals surface area contributed by atoms with Crippen molar-refractivity contribution in [2.75, 3.05) is 0 Å². The summed E-state index contributed by atoms with van der Waals surface area (Å²) >= 11 is 1.84. The number of nitrogens with one attached hydrogen (secondary N) is 1. The van der Waals surface area contributed by atoms with E-state index >= 15 is 0 Å². The number of hydrogen-bond donors (Lipinski definition) is 1. The summed E-state index contributed by atoms with van der Waals surface area (Å²) in [7, 11) is 0. The van der Waals surface area contributed by atoms with Gasteiger partial charge in [-0.05, 0) is 49.1 Å². The van der Waals surface area contributed by atoms with Crippen LogP contribution in [0.15, 0.2) is 36.4 Å². The molecule has 0 saturated heterocycles. The fourth-order valence-electron chi connectivity index (χ4n) is 2.14. The third-order valence-electron chi connectivity index (χ3n) is 3.55. The van der Waals surface area contributed by atoms with E-state index in [2.05, 4.69) is 42.6 Å². The quantitative estimate of drug-likeness (QED) is 0.826. The van der Waals surface area contributed by atoms with Gasteiger partial charge in [0.05, 0.1) is 0 Å². The van der Waals surface area contributed by atoms with Crippen LogP contribution < -0.4 is 10.1 Å². The first-order valence-electron chi connectivity index (χ1n) is 7.36. The minimum absolute atomic E-state index is 0.668. The van der Waals surface area contributed by atoms with Crippen molar-refractivity contribution in [2.45, 2.75) is 45.4 Å². The third-order valence-corrected chi connectivity index (χ3v) is 4.61. The fraction of sp³-hybridized carbons (Fsp3) is 0.412. The summed E-state index contributed by atoms with van der Waals surface area (Å²) in [5.41, 5.74) is 1.32. The predicted octanol–water partition coefficient (Wildman–Crippen LogP) is 4.14. The van der Waals surface area contributed by atoms with Gasteiger partial charge in [-0.25, -0.2) is 0 Å². The summed E-state index contributed by atoms with van der Waals surface area (Å²) in [6.07, 6.45) is 3.73. The molecule has 3 heteroatoms. The Morgan fingerprint density at radius 3 is 2.85 bits per heavy atom. The van der Waals surface area contributed by atoms with Crippen LogP contribution in [-0.4, -0.2) is 6.04 Å². The Kier molecular flexibility index (Phi) is 4.38. The molecule has 1 aromatic heterocycles. The molecular weight excluding hydrogens is 266 g/mol. The van der Waals surface area contributed by atoms with Crippen LogP contribution in [0.3, 0.4) is 0 Å². The number of hydrogen-bond acceptors (Lipinski definition) is 3. The summed E-state index contributed by atoms with van der Waals surface area (Å²) in [6.45, 7) is 3.83. The first kappa shape index (κ1) is 13.7. The molecule has 0 amide bonds. The second-order valence-corrected chi connectivity index (χ2v) is 6.57. The van der Waals surface area contributed by atoms with Crippen LogP contribution in [0, 0.1) is 0 Å². The molecule has 1 N–H and O–H groups in total. The number of thiophene rings is 1. The van der Waals surface area contributed by atoms with Crippen molar-refractivity contribution >= 4 is 11.3 Å². The number of benzene rings is 1. The van der Waals surface area contributed by atoms with Crippen molar-refractivity contribution in [3.8, 4) is 5.75 Å². The Balaban J connectivity index is 1.51. The highest BCUT2D eigenvalue weighted by atomic mass is 32.1. The highest BCUT2D eigenvalue weighted by Crippen LogP contribution is 2.23. The summed E-state index contributed by atoms with van der Waals surface area (Å²) in [6, 6.07) is 13.5. The summed E-state index contributed by atoms with van der Waals surface area (Å²) in [5, 5.41) is 3.54. The van der Waals surface area contributed by atoms with E-state index in [4.69, 9.17) is 4.74 Å². The van der Waals surface area contributed by atoms with Gasteiger partial charge in [0.25, 0.3) is 0 Å². The zero-order valence-corrected chi connectivity index (χ0v) is 12.7. The van der Waals surface area contributed by atoms with Gasteiger partial charge in [-0.2, -0.15) is 0 Å². The average molecular weight is 287 g/mol. The van der Waals surface area contributed by atoms with E-state index in [9.17, 15) is 0 Å². The lowest BCUT2D eigenvalue weighted by atomic mass is 10.2. The molecule has 1 saturated carbocycles. The zero-order chi connectivity index (χ0) is 13.8. The first-order chi connectivity index (χ1) is 9.83. The molecule has 3 rings (SSSR count). The molecule has 0 bridgehead atoms. The molecule has 0 atom stereocenters. The summed E-state index contributed by atoms with van der Waals surface area (Å²) in [5.74, 6) is 0.968. The molecule has 0 spiro atoms. The summed E-state index contributed by atoms with van der Waals surface area (Å²) < 4.78 is 5.88. The predicted molar refractivity (Wildman–Crippen MR) is 84.3 cm³/mol. The van der Waals surface area contributed by atoms with Crippen molar-refractivity contribution in [3.05, 3.63) is 51.7 Å². The molecule has 1 fully saturated rings. The molecule has 1 aliphatic carbocycles. The van der Waals surface area contributed by atoms with Crippen LogP contribution in [0.4, 0.5) is 0 Å². The van der Waals surface area contributed by atoms with Crippen molar-refractivity contribution < 1.29 is 4.74 Å². The van der Waals surface area contributed by atoms with Gasteiger partial charge in [0.1, 0.15) is 12.4 Å². The molecule has 1 heterocycles. The molecular formula is C17H21NOS. The number of rotatable bonds is 7. The van der Waals surface area contributed by atoms with E-state index in [1.165, 1.54) is 28.2 Å². The Bertz CT molecular complexity index is 560. The van der Waals surface area contributed by atoms with Crippen LogP contribution in [0.1, 0.15) is 35.1 Å². The van der Waals surface area contributed by atoms with E-state index in [1.807, 2.05) is 17.4 Å². The van der Waals surface area contributed by atoms with Crippen LogP contribution in [0.5, 0.6) is 5.75 Å². The molecule has 2 nitrogen and oxygen atoms in total. The lowest BCUT2D eigenvalue weighted by Gasteiger charge is -2.06. The monoisotopic (exact) mass is 287 g/mol. The van der Waals surface area contributed by atoms with Crippen LogP contribution in [-0.2, 0) is 19.6 Å². The topological polar surface area (TPSA) is 21.3 Å². The number of ether oxygens (including phenoxy) is 1. The smallest absolute Gasteiger partial charge is 0.122 e. The number of aryl methyl sites for hydroxylation is 1. The normalized spacial score (nSPS) is 14.4. The van der Waals surface area contributed by atoms with E-state index < -0.39 is 0 Å². The zero-order valence-electron chi connectivity index (χ0n) is 11.9. The van der Waals surface area contributed by atoms with E-state index in [0.29, 0.717) is 6.61 Å². The van der Waals surface area contributed by atoms with Gasteiger partial charge in [0.15, 0.2) is 0 Å². The second kappa shape index (κ2) is 6.42. The maximum absolute atomic E-state index is 5.88. The van der Waals surface area contributed by atoms with Gasteiger partial charge in [0, 0.05) is 22.3 Å². The van der Waals surface area contributed by atoms with Gasteiger partial charge < -0.3 is 10.1 Å². The van der Waals surface area contributed by atoms with Crippen molar-refractivity contribution in [1.82, 2.24) is 5.32 Å². The van der Waals surface area contributed by atoms with Crippen LogP contribution in [0.2, 0.25) is 0 Å². The molecule has 20 heavy (non-hydrogen) atoms. The Hall–Kier alpha value is -1.32. The highest BCUT2D eigenvalue weighted by molar-refractivity contribution is 7.11. The van der Waals surface area contributed by atoms with Gasteiger partial charge in [-0.15, -0.1) is 11.3 Å². The second-order valence-electron chi connectivity index (χ2n) is 5.31. The lowest BCUT2D eigenvalue weighted by Crippen LogP contribution is -2.14. The highest BCUT2D eigenvalue weighted by Gasteiger charge is 2.20. The van der Waals surface area contributed by atoms with Crippen molar-refractivity contribution in [3.63, 3.8) is 0 Å².